The van der Waals surface area contributed by atoms with E-state index in [1.807, 2.05) is 20.8 Å². The lowest BCUT2D eigenvalue weighted by molar-refractivity contribution is -0.138. The molecule has 1 unspecified atom stereocenters. The van der Waals surface area contributed by atoms with E-state index in [9.17, 15) is 13.9 Å². The fourth-order valence-corrected chi connectivity index (χ4v) is 2.67. The molecule has 9 nitrogen and oxygen atoms in total. The summed E-state index contributed by atoms with van der Waals surface area (Å²) in [5, 5.41) is 21.9. The monoisotopic (exact) mass is 358 g/mol. The van der Waals surface area contributed by atoms with Crippen LogP contribution >= 0.6 is 0 Å². The summed E-state index contributed by atoms with van der Waals surface area (Å²) >= 11 is 0. The topological polar surface area (TPSA) is 131 Å². The fraction of sp³-hybridized carbons (Fsp3) is 0.643. The lowest BCUT2D eigenvalue weighted by Crippen LogP contribution is -2.39. The first-order valence-corrected chi connectivity index (χ1v) is 7.65. The van der Waals surface area contributed by atoms with E-state index >= 15 is 0 Å². The Hall–Kier alpha value is -2.11. The molecule has 1 fully saturated rings. The Kier molecular flexibility index (Phi) is 4.05. The molecule has 0 aromatic carbocycles. The average molecular weight is 358 g/mol. The highest BCUT2D eigenvalue weighted by atomic mass is 19.3. The van der Waals surface area contributed by atoms with Gasteiger partial charge in [0.2, 0.25) is 12.2 Å². The summed E-state index contributed by atoms with van der Waals surface area (Å²) in [5.74, 6) is -3.46. The third-order valence-corrected chi connectivity index (χ3v) is 3.74. The highest BCUT2D eigenvalue weighted by Gasteiger charge is 2.59. The Morgan fingerprint density at radius 1 is 1.40 bits per heavy atom. The quantitative estimate of drug-likeness (QED) is 0.624. The lowest BCUT2D eigenvalue weighted by atomic mass is 10.1. The van der Waals surface area contributed by atoms with E-state index in [-0.39, 0.29) is 22.7 Å². The normalized spacial score (nSPS) is 26.3. The summed E-state index contributed by atoms with van der Waals surface area (Å²) < 4.78 is 34.9. The van der Waals surface area contributed by atoms with Crippen molar-refractivity contribution in [3.05, 3.63) is 6.33 Å². The van der Waals surface area contributed by atoms with E-state index in [2.05, 4.69) is 20.3 Å². The Morgan fingerprint density at radius 3 is 2.64 bits per heavy atom. The summed E-state index contributed by atoms with van der Waals surface area (Å²) in [6, 6.07) is 0. The Morgan fingerprint density at radius 2 is 2.08 bits per heavy atom. The van der Waals surface area contributed by atoms with Crippen LogP contribution in [0.3, 0.4) is 0 Å². The number of hydrogen-bond acceptors (Lipinski definition) is 8. The van der Waals surface area contributed by atoms with Crippen LogP contribution in [0.2, 0.25) is 0 Å². The van der Waals surface area contributed by atoms with Gasteiger partial charge in [0.05, 0.1) is 12.9 Å². The number of fused-ring (bicyclic) bond motifs is 1. The number of nitrogens with zero attached hydrogens (tertiary/aromatic N) is 4. The molecule has 0 amide bonds. The molecule has 0 radical (unpaired) electrons. The van der Waals surface area contributed by atoms with Crippen molar-refractivity contribution < 1.29 is 23.7 Å². The fourth-order valence-electron chi connectivity index (χ4n) is 2.67. The van der Waals surface area contributed by atoms with Gasteiger partial charge in [-0.15, -0.1) is 0 Å². The molecule has 1 aliphatic rings. The highest BCUT2D eigenvalue weighted by molar-refractivity contribution is 5.84. The van der Waals surface area contributed by atoms with Crippen LogP contribution in [0.4, 0.5) is 20.5 Å². The Bertz CT molecular complexity index is 791. The molecular weight excluding hydrogens is 338 g/mol. The molecule has 0 saturated carbocycles. The van der Waals surface area contributed by atoms with Gasteiger partial charge in [-0.3, -0.25) is 4.57 Å². The Balaban J connectivity index is 2.10. The second-order valence-electron chi connectivity index (χ2n) is 6.96. The predicted octanol–water partition coefficient (Wildman–Crippen LogP) is 0.505. The number of ether oxygens (including phenoxy) is 1. The van der Waals surface area contributed by atoms with Gasteiger partial charge in [0, 0.05) is 5.54 Å². The van der Waals surface area contributed by atoms with Crippen LogP contribution in [0.5, 0.6) is 0 Å². The molecule has 3 heterocycles. The first-order chi connectivity index (χ1) is 11.5. The second-order valence-corrected chi connectivity index (χ2v) is 6.96. The number of aliphatic hydroxyl groups excluding tert-OH is 2. The number of nitrogens with two attached hydrogens (primary N) is 1. The van der Waals surface area contributed by atoms with Crippen LogP contribution in [-0.4, -0.2) is 60.0 Å². The first kappa shape index (κ1) is 17.7. The molecule has 0 spiro atoms. The summed E-state index contributed by atoms with van der Waals surface area (Å²) in [4.78, 5) is 12.1. The number of nitrogen functional groups attached to an aromatic ring is 1. The van der Waals surface area contributed by atoms with Gasteiger partial charge in [-0.05, 0) is 20.8 Å². The van der Waals surface area contributed by atoms with Gasteiger partial charge in [0.15, 0.2) is 23.1 Å². The van der Waals surface area contributed by atoms with Gasteiger partial charge in [0.1, 0.15) is 6.10 Å². The van der Waals surface area contributed by atoms with Gasteiger partial charge in [-0.1, -0.05) is 0 Å². The van der Waals surface area contributed by atoms with E-state index in [0.717, 1.165) is 10.9 Å². The lowest BCUT2D eigenvalue weighted by Gasteiger charge is -2.22. The first-order valence-electron chi connectivity index (χ1n) is 7.65. The summed E-state index contributed by atoms with van der Waals surface area (Å²) in [7, 11) is 0. The minimum absolute atomic E-state index is 0.0368. The second kappa shape index (κ2) is 5.71. The third kappa shape index (κ3) is 2.98. The van der Waals surface area contributed by atoms with Crippen molar-refractivity contribution in [2.24, 2.45) is 0 Å². The maximum atomic E-state index is 14.4. The molecule has 2 aromatic rings. The van der Waals surface area contributed by atoms with Crippen molar-refractivity contribution >= 4 is 22.9 Å². The molecule has 3 atom stereocenters. The van der Waals surface area contributed by atoms with Crippen molar-refractivity contribution in [1.82, 2.24) is 19.5 Å². The number of imidazole rings is 1. The van der Waals surface area contributed by atoms with Crippen molar-refractivity contribution in [2.45, 2.75) is 50.7 Å². The third-order valence-electron chi connectivity index (χ3n) is 3.74. The molecule has 25 heavy (non-hydrogen) atoms. The van der Waals surface area contributed by atoms with Crippen molar-refractivity contribution in [3.63, 3.8) is 0 Å². The number of anilines is 2. The van der Waals surface area contributed by atoms with Crippen LogP contribution in [0.1, 0.15) is 27.0 Å². The van der Waals surface area contributed by atoms with Crippen molar-refractivity contribution in [2.75, 3.05) is 17.7 Å². The van der Waals surface area contributed by atoms with Crippen molar-refractivity contribution in [3.8, 4) is 0 Å². The molecule has 2 aromatic heterocycles. The minimum atomic E-state index is -3.64. The largest absolute Gasteiger partial charge is 0.394 e. The molecule has 5 N–H and O–H groups in total. The highest BCUT2D eigenvalue weighted by Crippen LogP contribution is 2.43. The zero-order chi connectivity index (χ0) is 18.6. The van der Waals surface area contributed by atoms with Crippen LogP contribution in [-0.2, 0) is 4.74 Å². The van der Waals surface area contributed by atoms with E-state index in [1.54, 1.807) is 0 Å². The summed E-state index contributed by atoms with van der Waals surface area (Å²) in [6.45, 7) is 4.94. The molecule has 11 heteroatoms. The maximum absolute atomic E-state index is 14.4. The number of aliphatic hydroxyl groups is 2. The standard InChI is InChI=1S/C14H20F2N6O3/c1-13(2,3)21-9-7-10(20-12(17)19-9)22(5-18-7)11-14(15,16)8(24)6(4-23)25-11/h5-6,8,11,23-24H,4H2,1-3H3,(H3,17,19,20,21)/t6-,8?,11-/m1/s1. The molecular formula is C14H20F2N6O3. The van der Waals surface area contributed by atoms with Gasteiger partial charge >= 0.3 is 5.92 Å². The van der Waals surface area contributed by atoms with Crippen LogP contribution in [0.25, 0.3) is 11.2 Å². The molecule has 0 aliphatic carbocycles. The predicted molar refractivity (Wildman–Crippen MR) is 85.1 cm³/mol. The van der Waals surface area contributed by atoms with E-state index in [1.165, 1.54) is 0 Å². The zero-order valence-electron chi connectivity index (χ0n) is 13.9. The SMILES string of the molecule is CC(C)(C)Nc1nc(N)nc2c1ncn2[C@@H]1O[C@H](CO)C(O)C1(F)F. The molecule has 138 valence electrons. The van der Waals surface area contributed by atoms with E-state index < -0.39 is 31.0 Å². The molecule has 1 aliphatic heterocycles. The number of hydrogen-bond donors (Lipinski definition) is 4. The van der Waals surface area contributed by atoms with Gasteiger partial charge in [-0.2, -0.15) is 18.7 Å². The average Bonchev–Trinajstić information content (AvgIpc) is 2.98. The number of alkyl halides is 2. The van der Waals surface area contributed by atoms with Crippen molar-refractivity contribution in [1.29, 1.82) is 0 Å². The van der Waals surface area contributed by atoms with E-state index in [0.29, 0.717) is 5.82 Å². The maximum Gasteiger partial charge on any atom is 0.320 e. The summed E-state index contributed by atoms with van der Waals surface area (Å²) in [6.07, 6.45) is -4.31. The van der Waals surface area contributed by atoms with Gasteiger partial charge in [0.25, 0.3) is 0 Å². The zero-order valence-corrected chi connectivity index (χ0v) is 13.9. The number of rotatable bonds is 3. The van der Waals surface area contributed by atoms with Crippen LogP contribution in [0.15, 0.2) is 6.33 Å². The van der Waals surface area contributed by atoms with E-state index in [4.69, 9.17) is 15.6 Å². The smallest absolute Gasteiger partial charge is 0.320 e. The minimum Gasteiger partial charge on any atom is -0.394 e. The molecule has 0 bridgehead atoms. The van der Waals surface area contributed by atoms with Gasteiger partial charge in [-0.25, -0.2) is 4.98 Å². The van der Waals surface area contributed by atoms with Crippen LogP contribution < -0.4 is 11.1 Å². The van der Waals surface area contributed by atoms with Crippen LogP contribution in [0, 0.1) is 0 Å². The number of nitrogens with one attached hydrogen (secondary N) is 1. The molecule has 3 rings (SSSR count). The molecule has 1 saturated heterocycles. The number of halogens is 2. The Labute approximate surface area is 141 Å². The number of aromatic nitrogens is 4. The van der Waals surface area contributed by atoms with Gasteiger partial charge < -0.3 is 26.0 Å². The summed E-state index contributed by atoms with van der Waals surface area (Å²) in [5.41, 5.74) is 5.60.